The standard InChI is InChI=1S/C35H36F2O6/c36-34(37)30(25-40-21-26-13-5-1-6-14-26)31(41-22-27-15-7-2-8-16-27)32(42-23-28-17-9-3-10-18-28)33(35(34,38)39)43-24-29-19-11-4-12-20-29/h1-20,30-33,38-39H,21-25H2. The molecule has 0 radical (unpaired) electrons. The highest BCUT2D eigenvalue weighted by Crippen LogP contribution is 2.48. The number of ether oxygens (including phenoxy) is 4. The van der Waals surface area contributed by atoms with Gasteiger partial charge >= 0.3 is 5.92 Å². The molecule has 4 unspecified atom stereocenters. The van der Waals surface area contributed by atoms with Crippen molar-refractivity contribution in [2.24, 2.45) is 5.92 Å². The van der Waals surface area contributed by atoms with E-state index in [1.54, 1.807) is 24.3 Å². The van der Waals surface area contributed by atoms with Crippen molar-refractivity contribution in [3.05, 3.63) is 144 Å². The molecule has 0 aromatic heterocycles. The monoisotopic (exact) mass is 590 g/mol. The van der Waals surface area contributed by atoms with Crippen LogP contribution in [0, 0.1) is 5.92 Å². The molecule has 6 nitrogen and oxygen atoms in total. The van der Waals surface area contributed by atoms with Crippen LogP contribution in [-0.2, 0) is 45.4 Å². The molecule has 1 fully saturated rings. The van der Waals surface area contributed by atoms with Crippen LogP contribution in [0.15, 0.2) is 121 Å². The van der Waals surface area contributed by atoms with Gasteiger partial charge < -0.3 is 29.2 Å². The summed E-state index contributed by atoms with van der Waals surface area (Å²) in [6.07, 6.45) is -4.45. The van der Waals surface area contributed by atoms with Crippen molar-refractivity contribution in [3.8, 4) is 0 Å². The molecular formula is C35H36F2O6. The van der Waals surface area contributed by atoms with Crippen LogP contribution in [0.2, 0.25) is 0 Å². The molecule has 1 aliphatic rings. The summed E-state index contributed by atoms with van der Waals surface area (Å²) in [4.78, 5) is 0. The minimum atomic E-state index is -4.08. The van der Waals surface area contributed by atoms with Gasteiger partial charge in [-0.1, -0.05) is 121 Å². The van der Waals surface area contributed by atoms with E-state index in [-0.39, 0.29) is 26.4 Å². The average molecular weight is 591 g/mol. The number of aliphatic hydroxyl groups is 2. The van der Waals surface area contributed by atoms with Crippen LogP contribution >= 0.6 is 0 Å². The van der Waals surface area contributed by atoms with Gasteiger partial charge in [0.1, 0.15) is 12.2 Å². The lowest BCUT2D eigenvalue weighted by molar-refractivity contribution is -0.410. The molecule has 1 aliphatic carbocycles. The second-order valence-electron chi connectivity index (χ2n) is 10.7. The quantitative estimate of drug-likeness (QED) is 0.189. The fourth-order valence-corrected chi connectivity index (χ4v) is 5.27. The van der Waals surface area contributed by atoms with E-state index in [0.717, 1.165) is 16.7 Å². The molecule has 0 aliphatic heterocycles. The van der Waals surface area contributed by atoms with Crippen LogP contribution in [0.4, 0.5) is 8.78 Å². The van der Waals surface area contributed by atoms with Crippen LogP contribution in [-0.4, -0.2) is 46.8 Å². The minimum Gasteiger partial charge on any atom is -0.376 e. The van der Waals surface area contributed by atoms with E-state index in [1.807, 2.05) is 97.1 Å². The summed E-state index contributed by atoms with van der Waals surface area (Å²) in [6.45, 7) is -0.582. The SMILES string of the molecule is OC1(O)C(OCc2ccccc2)C(OCc2ccccc2)C(OCc2ccccc2)C(COCc2ccccc2)C1(F)F. The molecule has 0 heterocycles. The molecule has 4 aromatic carbocycles. The van der Waals surface area contributed by atoms with Crippen molar-refractivity contribution in [1.82, 2.24) is 0 Å². The lowest BCUT2D eigenvalue weighted by Crippen LogP contribution is -2.74. The van der Waals surface area contributed by atoms with Gasteiger partial charge in [-0.05, 0) is 22.3 Å². The van der Waals surface area contributed by atoms with Gasteiger partial charge in [0.2, 0.25) is 0 Å². The largest absolute Gasteiger partial charge is 0.376 e. The van der Waals surface area contributed by atoms with Crippen LogP contribution in [0.5, 0.6) is 0 Å². The predicted octanol–water partition coefficient (Wildman–Crippen LogP) is 5.91. The van der Waals surface area contributed by atoms with Gasteiger partial charge in [0.25, 0.3) is 5.79 Å². The molecule has 4 aromatic rings. The van der Waals surface area contributed by atoms with Crippen molar-refractivity contribution in [1.29, 1.82) is 0 Å². The Morgan fingerprint density at radius 1 is 0.512 bits per heavy atom. The van der Waals surface area contributed by atoms with E-state index >= 15 is 8.78 Å². The van der Waals surface area contributed by atoms with Crippen LogP contribution in [0.25, 0.3) is 0 Å². The normalized spacial score (nSPS) is 22.7. The van der Waals surface area contributed by atoms with Gasteiger partial charge in [0, 0.05) is 0 Å². The Balaban J connectivity index is 1.47. The molecule has 5 rings (SSSR count). The molecular weight excluding hydrogens is 554 g/mol. The van der Waals surface area contributed by atoms with Crippen molar-refractivity contribution < 1.29 is 37.9 Å². The van der Waals surface area contributed by atoms with E-state index in [0.29, 0.717) is 5.56 Å². The van der Waals surface area contributed by atoms with Crippen LogP contribution in [0.1, 0.15) is 22.3 Å². The Labute approximate surface area is 250 Å². The lowest BCUT2D eigenvalue weighted by atomic mass is 9.75. The number of rotatable bonds is 13. The average Bonchev–Trinajstić information content (AvgIpc) is 3.03. The van der Waals surface area contributed by atoms with E-state index in [2.05, 4.69) is 0 Å². The summed E-state index contributed by atoms with van der Waals surface area (Å²) in [5, 5.41) is 22.4. The van der Waals surface area contributed by atoms with Gasteiger partial charge in [-0.3, -0.25) is 0 Å². The zero-order valence-electron chi connectivity index (χ0n) is 23.7. The van der Waals surface area contributed by atoms with E-state index in [9.17, 15) is 10.2 Å². The Bertz CT molecular complexity index is 1370. The highest BCUT2D eigenvalue weighted by molar-refractivity contribution is 5.18. The Morgan fingerprint density at radius 3 is 1.33 bits per heavy atom. The third-order valence-corrected chi connectivity index (χ3v) is 7.62. The van der Waals surface area contributed by atoms with Gasteiger partial charge in [-0.25, -0.2) is 0 Å². The number of alkyl halides is 2. The Hall–Kier alpha value is -3.50. The first-order valence-electron chi connectivity index (χ1n) is 14.3. The van der Waals surface area contributed by atoms with Gasteiger partial charge in [0.05, 0.1) is 45.1 Å². The zero-order chi connectivity index (χ0) is 30.1. The van der Waals surface area contributed by atoms with E-state index < -0.39 is 42.5 Å². The number of hydrogen-bond donors (Lipinski definition) is 2. The molecule has 8 heteroatoms. The molecule has 43 heavy (non-hydrogen) atoms. The molecule has 0 bridgehead atoms. The smallest absolute Gasteiger partial charge is 0.310 e. The summed E-state index contributed by atoms with van der Waals surface area (Å²) >= 11 is 0. The summed E-state index contributed by atoms with van der Waals surface area (Å²) in [5.74, 6) is -9.44. The summed E-state index contributed by atoms with van der Waals surface area (Å²) in [6, 6.07) is 36.4. The second kappa shape index (κ2) is 14.3. The highest BCUT2D eigenvalue weighted by Gasteiger charge is 2.71. The highest BCUT2D eigenvalue weighted by atomic mass is 19.3. The van der Waals surface area contributed by atoms with Crippen LogP contribution in [0.3, 0.4) is 0 Å². The fourth-order valence-electron chi connectivity index (χ4n) is 5.27. The summed E-state index contributed by atoms with van der Waals surface area (Å²) in [5.41, 5.74) is 3.02. The van der Waals surface area contributed by atoms with E-state index in [1.165, 1.54) is 0 Å². The molecule has 0 amide bonds. The van der Waals surface area contributed by atoms with Gasteiger partial charge in [-0.15, -0.1) is 0 Å². The van der Waals surface area contributed by atoms with Crippen molar-refractivity contribution in [2.45, 2.75) is 56.4 Å². The van der Waals surface area contributed by atoms with Crippen molar-refractivity contribution >= 4 is 0 Å². The first kappa shape index (κ1) is 30.9. The topological polar surface area (TPSA) is 77.4 Å². The molecule has 0 spiro atoms. The molecule has 4 atom stereocenters. The predicted molar refractivity (Wildman–Crippen MR) is 157 cm³/mol. The second-order valence-corrected chi connectivity index (χ2v) is 10.7. The molecule has 0 saturated heterocycles. The van der Waals surface area contributed by atoms with Crippen molar-refractivity contribution in [3.63, 3.8) is 0 Å². The number of halogens is 2. The van der Waals surface area contributed by atoms with Crippen LogP contribution < -0.4 is 0 Å². The lowest BCUT2D eigenvalue weighted by Gasteiger charge is -2.52. The Morgan fingerprint density at radius 2 is 0.884 bits per heavy atom. The van der Waals surface area contributed by atoms with E-state index in [4.69, 9.17) is 18.9 Å². The first-order chi connectivity index (χ1) is 20.9. The maximum atomic E-state index is 16.3. The minimum absolute atomic E-state index is 0.00275. The number of hydrogen-bond acceptors (Lipinski definition) is 6. The zero-order valence-corrected chi connectivity index (χ0v) is 23.7. The summed E-state index contributed by atoms with van der Waals surface area (Å²) in [7, 11) is 0. The first-order valence-corrected chi connectivity index (χ1v) is 14.3. The third-order valence-electron chi connectivity index (χ3n) is 7.62. The summed E-state index contributed by atoms with van der Waals surface area (Å²) < 4.78 is 56.6. The molecule has 2 N–H and O–H groups in total. The third kappa shape index (κ3) is 7.54. The molecule has 226 valence electrons. The Kier molecular flexibility index (Phi) is 10.3. The van der Waals surface area contributed by atoms with Crippen molar-refractivity contribution in [2.75, 3.05) is 6.61 Å². The number of benzene rings is 4. The maximum Gasteiger partial charge on any atom is 0.310 e. The maximum absolute atomic E-state index is 16.3. The van der Waals surface area contributed by atoms with Gasteiger partial charge in [-0.2, -0.15) is 8.78 Å². The van der Waals surface area contributed by atoms with Gasteiger partial charge in [0.15, 0.2) is 0 Å². The fraction of sp³-hybridized carbons (Fsp3) is 0.314. The molecule has 1 saturated carbocycles.